The Morgan fingerprint density at radius 1 is 1.11 bits per heavy atom. The lowest BCUT2D eigenvalue weighted by molar-refractivity contribution is -0.142. The summed E-state index contributed by atoms with van der Waals surface area (Å²) >= 11 is 0. The zero-order chi connectivity index (χ0) is 13.6. The molecule has 0 heterocycles. The van der Waals surface area contributed by atoms with Gasteiger partial charge >= 0.3 is 5.97 Å². The third-order valence-electron chi connectivity index (χ3n) is 3.22. The molecule has 0 aromatic rings. The minimum Gasteiger partial charge on any atom is -0.481 e. The molecule has 0 amide bonds. The average molecular weight is 252 g/mol. The van der Waals surface area contributed by atoms with E-state index in [4.69, 9.17) is 5.11 Å². The highest BCUT2D eigenvalue weighted by atomic mass is 16.4. The van der Waals surface area contributed by atoms with Crippen LogP contribution in [0.2, 0.25) is 0 Å². The zero-order valence-electron chi connectivity index (χ0n) is 11.7. The third kappa shape index (κ3) is 10.1. The molecule has 0 saturated carbocycles. The highest BCUT2D eigenvalue weighted by Crippen LogP contribution is 2.18. The fourth-order valence-corrected chi connectivity index (χ4v) is 2.07. The average Bonchev–Trinajstić information content (AvgIpc) is 2.35. The van der Waals surface area contributed by atoms with Gasteiger partial charge in [0.15, 0.2) is 0 Å². The van der Waals surface area contributed by atoms with Gasteiger partial charge in [-0.15, -0.1) is 6.58 Å². The molecule has 0 saturated heterocycles. The molecular weight excluding hydrogens is 224 g/mol. The van der Waals surface area contributed by atoms with Crippen molar-refractivity contribution in [2.24, 2.45) is 5.92 Å². The number of carbonyl (C=O) groups is 1. The second-order valence-corrected chi connectivity index (χ2v) is 4.82. The Hall–Kier alpha value is -1.05. The number of rotatable bonds is 12. The van der Waals surface area contributed by atoms with E-state index in [1.54, 1.807) is 0 Å². The predicted octanol–water partition coefficient (Wildman–Crippen LogP) is 4.96. The van der Waals surface area contributed by atoms with Crippen molar-refractivity contribution in [1.82, 2.24) is 0 Å². The molecule has 0 rings (SSSR count). The van der Waals surface area contributed by atoms with Gasteiger partial charge in [-0.25, -0.2) is 0 Å². The maximum Gasteiger partial charge on any atom is 0.306 e. The lowest BCUT2D eigenvalue weighted by Crippen LogP contribution is -2.13. The summed E-state index contributed by atoms with van der Waals surface area (Å²) in [7, 11) is 0. The van der Waals surface area contributed by atoms with E-state index in [1.165, 1.54) is 12.8 Å². The normalized spacial score (nSPS) is 12.7. The molecule has 1 N–H and O–H groups in total. The van der Waals surface area contributed by atoms with Crippen molar-refractivity contribution in [3.05, 3.63) is 24.8 Å². The lowest BCUT2D eigenvalue weighted by Gasteiger charge is -2.11. The number of allylic oxidation sites excluding steroid dienone is 3. The van der Waals surface area contributed by atoms with E-state index < -0.39 is 5.97 Å². The van der Waals surface area contributed by atoms with Crippen LogP contribution in [-0.2, 0) is 4.79 Å². The number of hydrogen-bond acceptors (Lipinski definition) is 1. The first-order valence-corrected chi connectivity index (χ1v) is 7.17. The van der Waals surface area contributed by atoms with E-state index in [0.29, 0.717) is 0 Å². The highest BCUT2D eigenvalue weighted by molar-refractivity contribution is 5.69. The van der Waals surface area contributed by atoms with Crippen LogP contribution in [-0.4, -0.2) is 11.1 Å². The fraction of sp³-hybridized carbons (Fsp3) is 0.688. The second-order valence-electron chi connectivity index (χ2n) is 4.82. The first-order valence-electron chi connectivity index (χ1n) is 7.17. The maximum atomic E-state index is 11.1. The predicted molar refractivity (Wildman–Crippen MR) is 77.7 cm³/mol. The summed E-state index contributed by atoms with van der Waals surface area (Å²) in [5.41, 5.74) is 0. The molecule has 0 aliphatic rings. The first kappa shape index (κ1) is 16.9. The van der Waals surface area contributed by atoms with Crippen LogP contribution in [0.15, 0.2) is 24.8 Å². The number of unbranched alkanes of at least 4 members (excludes halogenated alkanes) is 5. The molecule has 0 aromatic heterocycles. The standard InChI is InChI=1S/C16H28O2/c1-3-5-7-9-10-12-14-15(16(17)18)13-11-8-6-4-2/h3-4,6,15H,1,5,7-14H2,2H3,(H,17,18). The molecule has 18 heavy (non-hydrogen) atoms. The van der Waals surface area contributed by atoms with Crippen LogP contribution in [0.5, 0.6) is 0 Å². The van der Waals surface area contributed by atoms with Gasteiger partial charge in [0.1, 0.15) is 0 Å². The summed E-state index contributed by atoms with van der Waals surface area (Å²) < 4.78 is 0. The Morgan fingerprint density at radius 3 is 2.39 bits per heavy atom. The molecule has 2 nitrogen and oxygen atoms in total. The molecule has 1 unspecified atom stereocenters. The van der Waals surface area contributed by atoms with Gasteiger partial charge < -0.3 is 5.11 Å². The SMILES string of the molecule is C=CCCCCCCC(CCCC=CC)C(=O)O. The second kappa shape index (κ2) is 12.4. The fourth-order valence-electron chi connectivity index (χ4n) is 2.07. The van der Waals surface area contributed by atoms with Gasteiger partial charge in [-0.3, -0.25) is 4.79 Å². The quantitative estimate of drug-likeness (QED) is 0.394. The highest BCUT2D eigenvalue weighted by Gasteiger charge is 2.15. The summed E-state index contributed by atoms with van der Waals surface area (Å²) in [6.45, 7) is 5.69. The summed E-state index contributed by atoms with van der Waals surface area (Å²) in [4.78, 5) is 11.1. The monoisotopic (exact) mass is 252 g/mol. The number of carboxylic acid groups (broad SMARTS) is 1. The van der Waals surface area contributed by atoms with Crippen molar-refractivity contribution in [3.8, 4) is 0 Å². The first-order chi connectivity index (χ1) is 8.72. The van der Waals surface area contributed by atoms with Crippen LogP contribution in [0.4, 0.5) is 0 Å². The Labute approximate surface area is 112 Å². The molecule has 0 radical (unpaired) electrons. The van der Waals surface area contributed by atoms with Crippen LogP contribution in [0.3, 0.4) is 0 Å². The van der Waals surface area contributed by atoms with E-state index >= 15 is 0 Å². The molecule has 2 heteroatoms. The molecular formula is C16H28O2. The summed E-state index contributed by atoms with van der Waals surface area (Å²) in [6.07, 6.45) is 15.3. The molecule has 0 bridgehead atoms. The van der Waals surface area contributed by atoms with Gasteiger partial charge in [-0.05, 0) is 45.4 Å². The molecule has 0 aromatic carbocycles. The minimum absolute atomic E-state index is 0.144. The van der Waals surface area contributed by atoms with Crippen LogP contribution in [0, 0.1) is 5.92 Å². The largest absolute Gasteiger partial charge is 0.481 e. The number of aliphatic carboxylic acids is 1. The Kier molecular flexibility index (Phi) is 11.7. The summed E-state index contributed by atoms with van der Waals surface area (Å²) in [5.74, 6) is -0.767. The molecule has 104 valence electrons. The van der Waals surface area contributed by atoms with Gasteiger partial charge in [0.2, 0.25) is 0 Å². The Bertz CT molecular complexity index is 243. The van der Waals surface area contributed by atoms with E-state index in [2.05, 4.69) is 12.7 Å². The van der Waals surface area contributed by atoms with E-state index in [9.17, 15) is 4.79 Å². The third-order valence-corrected chi connectivity index (χ3v) is 3.22. The Morgan fingerprint density at radius 2 is 1.78 bits per heavy atom. The number of hydrogen-bond donors (Lipinski definition) is 1. The van der Waals surface area contributed by atoms with Crippen LogP contribution < -0.4 is 0 Å². The molecule has 0 spiro atoms. The van der Waals surface area contributed by atoms with Crippen LogP contribution >= 0.6 is 0 Å². The molecule has 0 fully saturated rings. The summed E-state index contributed by atoms with van der Waals surface area (Å²) in [6, 6.07) is 0. The van der Waals surface area contributed by atoms with Crippen molar-refractivity contribution in [2.75, 3.05) is 0 Å². The topological polar surface area (TPSA) is 37.3 Å². The van der Waals surface area contributed by atoms with Gasteiger partial charge in [0.05, 0.1) is 5.92 Å². The van der Waals surface area contributed by atoms with Gasteiger partial charge in [-0.2, -0.15) is 0 Å². The van der Waals surface area contributed by atoms with Gasteiger partial charge in [0, 0.05) is 0 Å². The van der Waals surface area contributed by atoms with Crippen LogP contribution in [0.25, 0.3) is 0 Å². The molecule has 0 aliphatic heterocycles. The van der Waals surface area contributed by atoms with Gasteiger partial charge in [0.25, 0.3) is 0 Å². The number of carboxylic acids is 1. The minimum atomic E-state index is -0.624. The van der Waals surface area contributed by atoms with E-state index in [0.717, 1.165) is 44.9 Å². The molecule has 1 atom stereocenters. The van der Waals surface area contributed by atoms with E-state index in [-0.39, 0.29) is 5.92 Å². The van der Waals surface area contributed by atoms with Crippen molar-refractivity contribution < 1.29 is 9.90 Å². The van der Waals surface area contributed by atoms with Crippen molar-refractivity contribution >= 4 is 5.97 Å². The van der Waals surface area contributed by atoms with Crippen molar-refractivity contribution in [2.45, 2.75) is 64.7 Å². The molecule has 0 aliphatic carbocycles. The van der Waals surface area contributed by atoms with Gasteiger partial charge in [-0.1, -0.05) is 37.5 Å². The van der Waals surface area contributed by atoms with E-state index in [1.807, 2.05) is 19.1 Å². The smallest absolute Gasteiger partial charge is 0.306 e. The van der Waals surface area contributed by atoms with Crippen molar-refractivity contribution in [3.63, 3.8) is 0 Å². The maximum absolute atomic E-state index is 11.1. The Balaban J connectivity index is 3.63. The van der Waals surface area contributed by atoms with Crippen molar-refractivity contribution in [1.29, 1.82) is 0 Å². The summed E-state index contributed by atoms with van der Waals surface area (Å²) in [5, 5.41) is 9.14. The zero-order valence-corrected chi connectivity index (χ0v) is 11.7. The van der Waals surface area contributed by atoms with Crippen LogP contribution in [0.1, 0.15) is 64.7 Å². The lowest BCUT2D eigenvalue weighted by atomic mass is 9.95.